The lowest BCUT2D eigenvalue weighted by Crippen LogP contribution is -2.27. The van der Waals surface area contributed by atoms with Gasteiger partial charge >= 0.3 is 5.97 Å². The number of carbonyl (C=O) groups is 1. The second-order valence-electron chi connectivity index (χ2n) is 5.38. The van der Waals surface area contributed by atoms with Crippen LogP contribution in [0.2, 0.25) is 6.04 Å². The molecule has 0 bridgehead atoms. The van der Waals surface area contributed by atoms with Gasteiger partial charge in [-0.3, -0.25) is 4.79 Å². The van der Waals surface area contributed by atoms with Gasteiger partial charge in [0.05, 0.1) is 12.2 Å². The van der Waals surface area contributed by atoms with Gasteiger partial charge in [-0.1, -0.05) is 6.92 Å². The summed E-state index contributed by atoms with van der Waals surface area (Å²) in [5, 5.41) is 0. The molecule has 2 aliphatic rings. The number of hydrogen-bond acceptors (Lipinski definition) is 4. The van der Waals surface area contributed by atoms with Gasteiger partial charge in [-0.05, 0) is 37.6 Å². The Labute approximate surface area is 111 Å². The summed E-state index contributed by atoms with van der Waals surface area (Å²) >= 11 is 0. The molecule has 0 N–H and O–H groups in total. The predicted octanol–water partition coefficient (Wildman–Crippen LogP) is 1.81. The van der Waals surface area contributed by atoms with Crippen molar-refractivity contribution in [1.29, 1.82) is 0 Å². The first-order valence-corrected chi connectivity index (χ1v) is 9.20. The van der Waals surface area contributed by atoms with E-state index in [4.69, 9.17) is 13.9 Å². The number of ether oxygens (including phenoxy) is 2. The van der Waals surface area contributed by atoms with Gasteiger partial charge in [0.1, 0.15) is 6.23 Å². The average molecular weight is 272 g/mol. The van der Waals surface area contributed by atoms with Crippen LogP contribution in [0.1, 0.15) is 39.5 Å². The first kappa shape index (κ1) is 14.0. The van der Waals surface area contributed by atoms with Crippen LogP contribution in [-0.2, 0) is 18.7 Å². The highest BCUT2D eigenvalue weighted by Gasteiger charge is 2.43. The van der Waals surface area contributed by atoms with Crippen molar-refractivity contribution < 1.29 is 18.7 Å². The first-order valence-electron chi connectivity index (χ1n) is 7.09. The quantitative estimate of drug-likeness (QED) is 0.403. The Kier molecular flexibility index (Phi) is 5.21. The number of esters is 1. The van der Waals surface area contributed by atoms with Crippen LogP contribution in [0.15, 0.2) is 0 Å². The van der Waals surface area contributed by atoms with E-state index >= 15 is 0 Å². The summed E-state index contributed by atoms with van der Waals surface area (Å²) in [6.07, 6.45) is 6.54. The van der Waals surface area contributed by atoms with Crippen LogP contribution in [0.5, 0.6) is 0 Å². The zero-order valence-electron chi connectivity index (χ0n) is 11.4. The number of fused-ring (bicyclic) bond motifs is 1. The molecule has 1 aliphatic heterocycles. The van der Waals surface area contributed by atoms with Gasteiger partial charge in [-0.2, -0.15) is 0 Å². The molecule has 18 heavy (non-hydrogen) atoms. The topological polar surface area (TPSA) is 48.1 Å². The normalized spacial score (nSPS) is 31.6. The van der Waals surface area contributed by atoms with E-state index in [9.17, 15) is 4.79 Å². The Morgan fingerprint density at radius 2 is 2.22 bits per heavy atom. The van der Waals surface area contributed by atoms with Crippen LogP contribution in [0.4, 0.5) is 0 Å². The molecule has 1 aliphatic carbocycles. The summed E-state index contributed by atoms with van der Waals surface area (Å²) in [5.41, 5.74) is 0. The molecule has 104 valence electrons. The SMILES string of the molecule is CC[SiH](COC(C)=O)OCCC1CCC2OC2C1. The van der Waals surface area contributed by atoms with Crippen molar-refractivity contribution >= 4 is 15.0 Å². The largest absolute Gasteiger partial charge is 0.467 e. The molecule has 0 aromatic heterocycles. The zero-order valence-corrected chi connectivity index (χ0v) is 12.5. The molecule has 5 heteroatoms. The van der Waals surface area contributed by atoms with Crippen LogP contribution >= 0.6 is 0 Å². The zero-order chi connectivity index (χ0) is 13.0. The summed E-state index contributed by atoms with van der Waals surface area (Å²) in [4.78, 5) is 10.8. The Morgan fingerprint density at radius 1 is 1.39 bits per heavy atom. The standard InChI is InChI=1S/C13H24O4Si/c1-3-18(9-15-10(2)14)16-7-6-11-4-5-12-13(8-11)17-12/h11-13,18H,3-9H2,1-2H3. The molecule has 1 saturated carbocycles. The van der Waals surface area contributed by atoms with Crippen LogP contribution in [0.25, 0.3) is 0 Å². The molecule has 1 heterocycles. The molecular formula is C13H24O4Si. The second kappa shape index (κ2) is 6.68. The second-order valence-corrected chi connectivity index (χ2v) is 8.11. The van der Waals surface area contributed by atoms with E-state index in [2.05, 4.69) is 6.92 Å². The third kappa shape index (κ3) is 4.37. The highest BCUT2D eigenvalue weighted by atomic mass is 28.3. The van der Waals surface area contributed by atoms with E-state index in [1.807, 2.05) is 0 Å². The molecule has 4 nitrogen and oxygen atoms in total. The van der Waals surface area contributed by atoms with E-state index in [1.54, 1.807) is 0 Å². The molecule has 2 fully saturated rings. The van der Waals surface area contributed by atoms with Gasteiger partial charge < -0.3 is 13.9 Å². The van der Waals surface area contributed by atoms with Gasteiger partial charge in [0.15, 0.2) is 0 Å². The van der Waals surface area contributed by atoms with Crippen LogP contribution in [0, 0.1) is 5.92 Å². The minimum absolute atomic E-state index is 0.200. The maximum absolute atomic E-state index is 10.8. The number of epoxide rings is 1. The van der Waals surface area contributed by atoms with Crippen LogP contribution in [0.3, 0.4) is 0 Å². The molecule has 0 spiro atoms. The van der Waals surface area contributed by atoms with Gasteiger partial charge in [0.25, 0.3) is 0 Å². The van der Waals surface area contributed by atoms with Gasteiger partial charge in [-0.15, -0.1) is 0 Å². The van der Waals surface area contributed by atoms with Gasteiger partial charge in [0, 0.05) is 13.5 Å². The van der Waals surface area contributed by atoms with Crippen molar-refractivity contribution in [3.05, 3.63) is 0 Å². The van der Waals surface area contributed by atoms with Crippen molar-refractivity contribution in [2.24, 2.45) is 5.92 Å². The molecule has 4 unspecified atom stereocenters. The summed E-state index contributed by atoms with van der Waals surface area (Å²) in [6.45, 7) is 4.40. The highest BCUT2D eigenvalue weighted by molar-refractivity contribution is 6.51. The first-order chi connectivity index (χ1) is 8.69. The van der Waals surface area contributed by atoms with Crippen molar-refractivity contribution in [3.8, 4) is 0 Å². The van der Waals surface area contributed by atoms with Gasteiger partial charge in [0.2, 0.25) is 9.04 Å². The lowest BCUT2D eigenvalue weighted by atomic mass is 9.87. The van der Waals surface area contributed by atoms with Crippen molar-refractivity contribution in [1.82, 2.24) is 0 Å². The lowest BCUT2D eigenvalue weighted by molar-refractivity contribution is -0.139. The van der Waals surface area contributed by atoms with E-state index in [1.165, 1.54) is 26.2 Å². The predicted molar refractivity (Wildman–Crippen MR) is 70.8 cm³/mol. The molecule has 1 saturated heterocycles. The lowest BCUT2D eigenvalue weighted by Gasteiger charge is -2.20. The van der Waals surface area contributed by atoms with Crippen molar-refractivity contribution in [3.63, 3.8) is 0 Å². The minimum atomic E-state index is -1.32. The fourth-order valence-corrected chi connectivity index (χ4v) is 4.10. The Balaban J connectivity index is 1.56. The molecular weight excluding hydrogens is 248 g/mol. The molecule has 0 amide bonds. The van der Waals surface area contributed by atoms with E-state index < -0.39 is 9.04 Å². The van der Waals surface area contributed by atoms with E-state index in [0.717, 1.165) is 25.0 Å². The Bertz CT molecular complexity index is 284. The van der Waals surface area contributed by atoms with Crippen molar-refractivity contribution in [2.45, 2.75) is 57.8 Å². The summed E-state index contributed by atoms with van der Waals surface area (Å²) in [7, 11) is -1.32. The molecule has 4 atom stereocenters. The van der Waals surface area contributed by atoms with Crippen molar-refractivity contribution in [2.75, 3.05) is 12.8 Å². The number of carbonyl (C=O) groups excluding carboxylic acids is 1. The van der Waals surface area contributed by atoms with Crippen LogP contribution in [-0.4, -0.2) is 40.1 Å². The molecule has 0 aromatic carbocycles. The highest BCUT2D eigenvalue weighted by Crippen LogP contribution is 2.40. The Hall–Kier alpha value is -0.393. The fraction of sp³-hybridized carbons (Fsp3) is 0.923. The monoisotopic (exact) mass is 272 g/mol. The number of rotatable bonds is 7. The summed E-state index contributed by atoms with van der Waals surface area (Å²) in [5.74, 6) is 0.572. The van der Waals surface area contributed by atoms with Crippen LogP contribution < -0.4 is 0 Å². The molecule has 0 aromatic rings. The molecule has 0 radical (unpaired) electrons. The maximum Gasteiger partial charge on any atom is 0.302 e. The number of hydrogen-bond donors (Lipinski definition) is 0. The maximum atomic E-state index is 10.8. The smallest absolute Gasteiger partial charge is 0.302 e. The van der Waals surface area contributed by atoms with E-state index in [0.29, 0.717) is 18.4 Å². The fourth-order valence-electron chi connectivity index (χ4n) is 2.64. The minimum Gasteiger partial charge on any atom is -0.467 e. The van der Waals surface area contributed by atoms with Gasteiger partial charge in [-0.25, -0.2) is 0 Å². The average Bonchev–Trinajstić information content (AvgIpc) is 3.11. The third-order valence-electron chi connectivity index (χ3n) is 3.92. The summed E-state index contributed by atoms with van der Waals surface area (Å²) in [6, 6.07) is 1.02. The third-order valence-corrected chi connectivity index (χ3v) is 6.08. The summed E-state index contributed by atoms with van der Waals surface area (Å²) < 4.78 is 16.5. The van der Waals surface area contributed by atoms with E-state index in [-0.39, 0.29) is 5.97 Å². The molecule has 2 rings (SSSR count). The Morgan fingerprint density at radius 3 is 2.89 bits per heavy atom.